The van der Waals surface area contributed by atoms with Gasteiger partial charge in [-0.3, -0.25) is 0 Å². The van der Waals surface area contributed by atoms with E-state index in [1.807, 2.05) is 41.3 Å². The number of imidazole rings is 1. The number of hydrogen-bond donors (Lipinski definition) is 1. The van der Waals surface area contributed by atoms with Gasteiger partial charge in [-0.2, -0.15) is 0 Å². The summed E-state index contributed by atoms with van der Waals surface area (Å²) in [4.78, 5) is 13.1. The van der Waals surface area contributed by atoms with Crippen LogP contribution in [0.25, 0.3) is 5.65 Å². The van der Waals surface area contributed by atoms with Crippen molar-refractivity contribution in [2.75, 3.05) is 5.32 Å². The number of rotatable bonds is 3. The van der Waals surface area contributed by atoms with Gasteiger partial charge in [-0.05, 0) is 6.07 Å². The second-order valence-electron chi connectivity index (χ2n) is 6.13. The van der Waals surface area contributed by atoms with Gasteiger partial charge in [0.1, 0.15) is 11.5 Å². The van der Waals surface area contributed by atoms with Crippen molar-refractivity contribution in [3.63, 3.8) is 0 Å². The summed E-state index contributed by atoms with van der Waals surface area (Å²) in [5, 5.41) is 3.37. The van der Waals surface area contributed by atoms with Crippen LogP contribution in [0.15, 0.2) is 43.1 Å². The number of anilines is 1. The molecule has 0 atom stereocenters. The Bertz CT molecular complexity index is 737. The van der Waals surface area contributed by atoms with Crippen LogP contribution in [0, 0.1) is 0 Å². The SMILES string of the molecule is CC(C)(C)c1ncc(CNc2ccn3ccnc3c2)cn1. The van der Waals surface area contributed by atoms with Crippen molar-refractivity contribution in [2.45, 2.75) is 32.7 Å². The van der Waals surface area contributed by atoms with Gasteiger partial charge in [-0.1, -0.05) is 20.8 Å². The van der Waals surface area contributed by atoms with Gasteiger partial charge in [-0.25, -0.2) is 15.0 Å². The summed E-state index contributed by atoms with van der Waals surface area (Å²) in [6.45, 7) is 7.03. The van der Waals surface area contributed by atoms with Crippen molar-refractivity contribution < 1.29 is 0 Å². The molecule has 0 saturated heterocycles. The molecule has 0 aliphatic carbocycles. The van der Waals surface area contributed by atoms with Crippen molar-refractivity contribution in [3.8, 4) is 0 Å². The van der Waals surface area contributed by atoms with E-state index in [-0.39, 0.29) is 5.41 Å². The molecule has 3 rings (SSSR count). The predicted molar refractivity (Wildman–Crippen MR) is 83.3 cm³/mol. The molecule has 0 bridgehead atoms. The Balaban J connectivity index is 1.69. The maximum atomic E-state index is 4.44. The molecule has 3 heterocycles. The van der Waals surface area contributed by atoms with E-state index in [0.29, 0.717) is 6.54 Å². The molecule has 1 N–H and O–H groups in total. The lowest BCUT2D eigenvalue weighted by Crippen LogP contribution is -2.16. The standard InChI is InChI=1S/C16H19N5/c1-16(2,3)15-19-10-12(11-20-15)9-18-13-4-6-21-7-5-17-14(21)8-13/h4-8,10-11,18H,9H2,1-3H3. The van der Waals surface area contributed by atoms with Crippen molar-refractivity contribution >= 4 is 11.3 Å². The Hall–Kier alpha value is -2.43. The number of hydrogen-bond acceptors (Lipinski definition) is 4. The quantitative estimate of drug-likeness (QED) is 0.801. The second kappa shape index (κ2) is 5.16. The van der Waals surface area contributed by atoms with Crippen molar-refractivity contribution in [1.29, 1.82) is 0 Å². The van der Waals surface area contributed by atoms with Crippen LogP contribution >= 0.6 is 0 Å². The fourth-order valence-corrected chi connectivity index (χ4v) is 2.06. The smallest absolute Gasteiger partial charge is 0.138 e. The van der Waals surface area contributed by atoms with E-state index in [0.717, 1.165) is 22.7 Å². The first-order valence-corrected chi connectivity index (χ1v) is 7.00. The third-order valence-electron chi connectivity index (χ3n) is 3.27. The number of nitrogens with one attached hydrogen (secondary N) is 1. The number of pyridine rings is 1. The van der Waals surface area contributed by atoms with Crippen LogP contribution in [0.5, 0.6) is 0 Å². The molecule has 108 valence electrons. The molecule has 3 aromatic rings. The number of aromatic nitrogens is 4. The van der Waals surface area contributed by atoms with Crippen LogP contribution in [-0.4, -0.2) is 19.4 Å². The normalized spacial score (nSPS) is 11.8. The molecule has 5 heteroatoms. The van der Waals surface area contributed by atoms with E-state index in [1.54, 1.807) is 6.20 Å². The summed E-state index contributed by atoms with van der Waals surface area (Å²) in [6.07, 6.45) is 9.48. The monoisotopic (exact) mass is 281 g/mol. The first-order valence-electron chi connectivity index (χ1n) is 7.00. The second-order valence-corrected chi connectivity index (χ2v) is 6.13. The lowest BCUT2D eigenvalue weighted by molar-refractivity contribution is 0.544. The average molecular weight is 281 g/mol. The highest BCUT2D eigenvalue weighted by Crippen LogP contribution is 2.17. The lowest BCUT2D eigenvalue weighted by Gasteiger charge is -2.16. The Kier molecular flexibility index (Phi) is 3.33. The van der Waals surface area contributed by atoms with E-state index in [2.05, 4.69) is 41.0 Å². The molecule has 0 aromatic carbocycles. The summed E-state index contributed by atoms with van der Waals surface area (Å²) < 4.78 is 1.98. The van der Waals surface area contributed by atoms with Crippen LogP contribution < -0.4 is 5.32 Å². The third-order valence-corrected chi connectivity index (χ3v) is 3.27. The summed E-state index contributed by atoms with van der Waals surface area (Å²) in [5.74, 6) is 0.866. The van der Waals surface area contributed by atoms with Gasteiger partial charge in [-0.15, -0.1) is 0 Å². The minimum atomic E-state index is -0.0162. The van der Waals surface area contributed by atoms with E-state index < -0.39 is 0 Å². The largest absolute Gasteiger partial charge is 0.381 e. The van der Waals surface area contributed by atoms with Gasteiger partial charge < -0.3 is 9.72 Å². The highest BCUT2D eigenvalue weighted by atomic mass is 15.0. The van der Waals surface area contributed by atoms with Crippen LogP contribution in [-0.2, 0) is 12.0 Å². The molecule has 0 radical (unpaired) electrons. The van der Waals surface area contributed by atoms with E-state index >= 15 is 0 Å². The molecule has 21 heavy (non-hydrogen) atoms. The zero-order valence-electron chi connectivity index (χ0n) is 12.5. The minimum Gasteiger partial charge on any atom is -0.381 e. The Morgan fingerprint density at radius 3 is 2.57 bits per heavy atom. The zero-order valence-corrected chi connectivity index (χ0v) is 12.5. The predicted octanol–water partition coefficient (Wildman–Crippen LogP) is 3.03. The lowest BCUT2D eigenvalue weighted by atomic mass is 9.96. The topological polar surface area (TPSA) is 55.1 Å². The van der Waals surface area contributed by atoms with E-state index in [9.17, 15) is 0 Å². The zero-order chi connectivity index (χ0) is 14.9. The highest BCUT2D eigenvalue weighted by Gasteiger charge is 2.16. The van der Waals surface area contributed by atoms with Gasteiger partial charge >= 0.3 is 0 Å². The molecule has 3 aromatic heterocycles. The van der Waals surface area contributed by atoms with E-state index in [1.165, 1.54) is 0 Å². The molecular formula is C16H19N5. The Morgan fingerprint density at radius 2 is 1.86 bits per heavy atom. The van der Waals surface area contributed by atoms with Gasteiger partial charge in [0.05, 0.1) is 0 Å². The van der Waals surface area contributed by atoms with Gasteiger partial charge in [0, 0.05) is 60.3 Å². The Morgan fingerprint density at radius 1 is 1.10 bits per heavy atom. The van der Waals surface area contributed by atoms with Gasteiger partial charge in [0.25, 0.3) is 0 Å². The molecule has 0 fully saturated rings. The van der Waals surface area contributed by atoms with Crippen LogP contribution in [0.3, 0.4) is 0 Å². The summed E-state index contributed by atoms with van der Waals surface area (Å²) in [6, 6.07) is 4.05. The average Bonchev–Trinajstić information content (AvgIpc) is 2.92. The molecule has 0 amide bonds. The van der Waals surface area contributed by atoms with Gasteiger partial charge in [0.2, 0.25) is 0 Å². The Labute approximate surface area is 124 Å². The number of fused-ring (bicyclic) bond motifs is 1. The van der Waals surface area contributed by atoms with E-state index in [4.69, 9.17) is 0 Å². The fraction of sp³-hybridized carbons (Fsp3) is 0.312. The maximum absolute atomic E-state index is 4.44. The van der Waals surface area contributed by atoms with Crippen molar-refractivity contribution in [2.24, 2.45) is 0 Å². The first-order chi connectivity index (χ1) is 10.0. The van der Waals surface area contributed by atoms with Crippen molar-refractivity contribution in [3.05, 3.63) is 54.5 Å². The van der Waals surface area contributed by atoms with Crippen molar-refractivity contribution in [1.82, 2.24) is 19.4 Å². The molecule has 0 unspecified atom stereocenters. The summed E-state index contributed by atoms with van der Waals surface area (Å²) >= 11 is 0. The maximum Gasteiger partial charge on any atom is 0.138 e. The van der Waals surface area contributed by atoms with Gasteiger partial charge in [0.15, 0.2) is 0 Å². The summed E-state index contributed by atoms with van der Waals surface area (Å²) in [7, 11) is 0. The molecule has 5 nitrogen and oxygen atoms in total. The molecule has 0 saturated carbocycles. The summed E-state index contributed by atoms with van der Waals surface area (Å²) in [5.41, 5.74) is 3.01. The molecule has 0 spiro atoms. The first kappa shape index (κ1) is 13.5. The van der Waals surface area contributed by atoms with Crippen LogP contribution in [0.4, 0.5) is 5.69 Å². The minimum absolute atomic E-state index is 0.0162. The number of nitrogens with zero attached hydrogens (tertiary/aromatic N) is 4. The molecular weight excluding hydrogens is 262 g/mol. The third kappa shape index (κ3) is 3.02. The van der Waals surface area contributed by atoms with Crippen LogP contribution in [0.1, 0.15) is 32.2 Å². The fourth-order valence-electron chi connectivity index (χ4n) is 2.06. The molecule has 0 aliphatic rings. The molecule has 0 aliphatic heterocycles. The highest BCUT2D eigenvalue weighted by molar-refractivity contribution is 5.54. The van der Waals surface area contributed by atoms with Crippen LogP contribution in [0.2, 0.25) is 0 Å².